The third-order valence-electron chi connectivity index (χ3n) is 5.89. The minimum atomic E-state index is -3.51. The van der Waals surface area contributed by atoms with Crippen molar-refractivity contribution in [2.45, 2.75) is 61.4 Å². The fourth-order valence-corrected chi connectivity index (χ4v) is 6.70. The molecular weight excluding hydrogens is 440 g/mol. The quantitative estimate of drug-likeness (QED) is 0.467. The molecule has 1 aliphatic rings. The van der Waals surface area contributed by atoms with Crippen LogP contribution in [0.5, 0.6) is 0 Å². The third-order valence-corrected chi connectivity index (χ3v) is 8.86. The van der Waals surface area contributed by atoms with Crippen LogP contribution in [0.15, 0.2) is 52.5 Å². The number of aryl methyl sites for hydroxylation is 2. The highest BCUT2D eigenvalue weighted by Gasteiger charge is 2.27. The predicted octanol–water partition coefficient (Wildman–Crippen LogP) is 4.77. The molecule has 0 amide bonds. The van der Waals surface area contributed by atoms with Gasteiger partial charge >= 0.3 is 0 Å². The van der Waals surface area contributed by atoms with Crippen LogP contribution in [0.2, 0.25) is 0 Å². The summed E-state index contributed by atoms with van der Waals surface area (Å²) >= 11 is 1.44. The van der Waals surface area contributed by atoms with Gasteiger partial charge < -0.3 is 4.57 Å². The molecule has 0 aliphatic carbocycles. The van der Waals surface area contributed by atoms with E-state index >= 15 is 0 Å². The van der Waals surface area contributed by atoms with Gasteiger partial charge in [-0.2, -0.15) is 9.57 Å². The van der Waals surface area contributed by atoms with Crippen molar-refractivity contribution in [3.8, 4) is 6.07 Å². The number of benzene rings is 2. The Bertz CT molecular complexity index is 1240. The van der Waals surface area contributed by atoms with E-state index in [-0.39, 0.29) is 5.25 Å². The number of hydrogen-bond acceptors (Lipinski definition) is 5. The molecule has 6 nitrogen and oxygen atoms in total. The smallest absolute Gasteiger partial charge is 0.243 e. The average molecular weight is 469 g/mol. The Hall–Kier alpha value is -2.34. The Balaban J connectivity index is 1.62. The number of thioether (sulfide) groups is 1. The van der Waals surface area contributed by atoms with E-state index in [1.165, 1.54) is 17.3 Å². The first-order valence-corrected chi connectivity index (χ1v) is 13.4. The van der Waals surface area contributed by atoms with Crippen LogP contribution < -0.4 is 0 Å². The van der Waals surface area contributed by atoms with E-state index in [0.29, 0.717) is 36.5 Å². The summed E-state index contributed by atoms with van der Waals surface area (Å²) in [6.07, 6.45) is 3.52. The summed E-state index contributed by atoms with van der Waals surface area (Å²) in [5, 5.41) is 10.2. The zero-order valence-corrected chi connectivity index (χ0v) is 20.1. The maximum absolute atomic E-state index is 13.1. The molecule has 8 heteroatoms. The summed E-state index contributed by atoms with van der Waals surface area (Å²) in [5.41, 5.74) is 3.85. The molecule has 0 N–H and O–H groups in total. The van der Waals surface area contributed by atoms with Crippen molar-refractivity contribution in [1.82, 2.24) is 13.9 Å². The Morgan fingerprint density at radius 1 is 1.12 bits per heavy atom. The first kappa shape index (κ1) is 22.8. The molecule has 1 atom stereocenters. The van der Waals surface area contributed by atoms with E-state index < -0.39 is 10.0 Å². The molecule has 0 radical (unpaired) electrons. The molecule has 1 aromatic heterocycles. The number of fused-ring (bicyclic) bond motifs is 1. The van der Waals surface area contributed by atoms with Gasteiger partial charge in [0.05, 0.1) is 22.0 Å². The minimum absolute atomic E-state index is 0.281. The van der Waals surface area contributed by atoms with Crippen molar-refractivity contribution in [3.05, 3.63) is 53.6 Å². The van der Waals surface area contributed by atoms with Gasteiger partial charge in [0, 0.05) is 19.6 Å². The second-order valence-corrected chi connectivity index (χ2v) is 11.3. The van der Waals surface area contributed by atoms with E-state index in [9.17, 15) is 13.7 Å². The Kier molecular flexibility index (Phi) is 6.89. The van der Waals surface area contributed by atoms with Gasteiger partial charge in [-0.25, -0.2) is 13.4 Å². The van der Waals surface area contributed by atoms with E-state index in [2.05, 4.69) is 34.9 Å². The first-order chi connectivity index (χ1) is 15.4. The molecule has 168 valence electrons. The molecule has 1 aliphatic heterocycles. The zero-order valence-electron chi connectivity index (χ0n) is 18.5. The first-order valence-electron chi connectivity index (χ1n) is 11.0. The normalized spacial score (nSPS) is 16.2. The third kappa shape index (κ3) is 4.70. The fourth-order valence-electron chi connectivity index (χ4n) is 4.08. The number of nitriles is 1. The molecule has 1 unspecified atom stereocenters. The topological polar surface area (TPSA) is 79.0 Å². The molecular formula is C24H28N4O2S2. The molecule has 0 spiro atoms. The number of aromatic nitrogens is 2. The van der Waals surface area contributed by atoms with Crippen LogP contribution in [0.1, 0.15) is 37.3 Å². The summed E-state index contributed by atoms with van der Waals surface area (Å²) in [4.78, 5) is 5.03. The van der Waals surface area contributed by atoms with Crippen LogP contribution in [0.3, 0.4) is 0 Å². The lowest BCUT2D eigenvalue weighted by Gasteiger charge is -2.25. The highest BCUT2D eigenvalue weighted by molar-refractivity contribution is 8.00. The van der Waals surface area contributed by atoms with Gasteiger partial charge in [0.1, 0.15) is 5.25 Å². The summed E-state index contributed by atoms with van der Waals surface area (Å²) in [7, 11) is -3.51. The highest BCUT2D eigenvalue weighted by atomic mass is 32.2. The van der Waals surface area contributed by atoms with Gasteiger partial charge in [-0.3, -0.25) is 0 Å². The number of rotatable bonds is 7. The molecule has 4 rings (SSSR count). The van der Waals surface area contributed by atoms with E-state index in [0.717, 1.165) is 35.5 Å². The van der Waals surface area contributed by atoms with Crippen molar-refractivity contribution in [2.24, 2.45) is 0 Å². The monoisotopic (exact) mass is 468 g/mol. The Morgan fingerprint density at radius 3 is 2.50 bits per heavy atom. The van der Waals surface area contributed by atoms with Crippen LogP contribution in [0.4, 0.5) is 0 Å². The number of piperidine rings is 1. The molecule has 1 saturated heterocycles. The van der Waals surface area contributed by atoms with Gasteiger partial charge in [-0.1, -0.05) is 48.0 Å². The lowest BCUT2D eigenvalue weighted by atomic mass is 10.1. The van der Waals surface area contributed by atoms with Crippen molar-refractivity contribution < 1.29 is 8.42 Å². The molecule has 0 saturated carbocycles. The molecule has 2 heterocycles. The van der Waals surface area contributed by atoms with Crippen molar-refractivity contribution in [2.75, 3.05) is 13.1 Å². The van der Waals surface area contributed by atoms with E-state index in [1.54, 1.807) is 16.4 Å². The fraction of sp³-hybridized carbons (Fsp3) is 0.417. The van der Waals surface area contributed by atoms with Crippen LogP contribution in [-0.2, 0) is 23.0 Å². The van der Waals surface area contributed by atoms with Gasteiger partial charge in [0.15, 0.2) is 5.16 Å². The molecule has 3 aromatic rings. The average Bonchev–Trinajstić information content (AvgIpc) is 3.16. The highest BCUT2D eigenvalue weighted by Crippen LogP contribution is 2.31. The van der Waals surface area contributed by atoms with Crippen LogP contribution in [-0.4, -0.2) is 40.6 Å². The minimum Gasteiger partial charge on any atom is -0.319 e. The summed E-state index contributed by atoms with van der Waals surface area (Å²) in [6, 6.07) is 15.8. The summed E-state index contributed by atoms with van der Waals surface area (Å²) in [6.45, 7) is 5.93. The van der Waals surface area contributed by atoms with Crippen LogP contribution in [0, 0.1) is 18.3 Å². The van der Waals surface area contributed by atoms with Gasteiger partial charge in [-0.05, 0) is 56.9 Å². The number of hydrogen-bond donors (Lipinski definition) is 0. The van der Waals surface area contributed by atoms with Gasteiger partial charge in [0.2, 0.25) is 10.0 Å². The largest absolute Gasteiger partial charge is 0.319 e. The van der Waals surface area contributed by atoms with Crippen molar-refractivity contribution >= 4 is 32.8 Å². The van der Waals surface area contributed by atoms with E-state index in [1.807, 2.05) is 19.9 Å². The standard InChI is InChI=1S/C24H28N4O2S2/c1-3-28-23-12-11-21(32(29,30)27-13-5-4-6-14-27)16-22(23)26-24(28)31-20(17-25)15-19-9-7-18(2)8-10-19/h7-12,16,20H,3-6,13-15H2,1-2H3. The van der Waals surface area contributed by atoms with Crippen molar-refractivity contribution in [1.29, 1.82) is 5.26 Å². The van der Waals surface area contributed by atoms with E-state index in [4.69, 9.17) is 4.98 Å². The zero-order chi connectivity index (χ0) is 22.7. The summed E-state index contributed by atoms with van der Waals surface area (Å²) < 4.78 is 29.8. The maximum atomic E-state index is 13.1. The van der Waals surface area contributed by atoms with Crippen molar-refractivity contribution in [3.63, 3.8) is 0 Å². The number of sulfonamides is 1. The predicted molar refractivity (Wildman–Crippen MR) is 128 cm³/mol. The lowest BCUT2D eigenvalue weighted by Crippen LogP contribution is -2.35. The molecule has 0 bridgehead atoms. The van der Waals surface area contributed by atoms with Gasteiger partial charge in [-0.15, -0.1) is 0 Å². The van der Waals surface area contributed by atoms with Crippen LogP contribution in [0.25, 0.3) is 11.0 Å². The van der Waals surface area contributed by atoms with Crippen LogP contribution >= 0.6 is 11.8 Å². The van der Waals surface area contributed by atoms with Gasteiger partial charge in [0.25, 0.3) is 0 Å². The molecule has 2 aromatic carbocycles. The SMILES string of the molecule is CCn1c(SC(C#N)Cc2ccc(C)cc2)nc2cc(S(=O)(=O)N3CCCCC3)ccc21. The molecule has 1 fully saturated rings. The Morgan fingerprint density at radius 2 is 1.84 bits per heavy atom. The second kappa shape index (κ2) is 9.65. The maximum Gasteiger partial charge on any atom is 0.243 e. The Labute approximate surface area is 194 Å². The number of imidazole rings is 1. The lowest BCUT2D eigenvalue weighted by molar-refractivity contribution is 0.346. The molecule has 32 heavy (non-hydrogen) atoms. The summed E-state index contributed by atoms with van der Waals surface area (Å²) in [5.74, 6) is 0. The number of nitrogens with zero attached hydrogens (tertiary/aromatic N) is 4. The second-order valence-electron chi connectivity index (χ2n) is 8.18.